The molecule has 11 nitrogen and oxygen atoms in total. The highest BCUT2D eigenvalue weighted by Crippen LogP contribution is 2.25. The molecule has 7 unspecified atom stereocenters. The summed E-state index contributed by atoms with van der Waals surface area (Å²) in [6.45, 7) is 4.44. The molecule has 1 heterocycles. The molecule has 1 aliphatic heterocycles. The van der Waals surface area contributed by atoms with Gasteiger partial charge in [0.1, 0.15) is 24.4 Å². The van der Waals surface area contributed by atoms with Crippen molar-refractivity contribution in [3.8, 4) is 0 Å². The average Bonchev–Trinajstić information content (AvgIpc) is 0.830. The number of esters is 1. The SMILES string of the molecule is CCCCCCCCCCCCCCC/C=C/C(O)C(COC1OC(CO)C(O)C(O)C1O)NC(=O)CCCCCCCCCCCCCCCCCCCCCCCCCCCCCCCCCCCCCCCCCOC(=O)CCCCCCCCCCCCCCCCCCCCC. The minimum atomic E-state index is -1.57. The maximum Gasteiger partial charge on any atom is 0.305 e. The number of carbonyl (C=O) groups excluding carboxylic acids is 2. The third-order valence-electron chi connectivity index (χ3n) is 22.2. The van der Waals surface area contributed by atoms with Gasteiger partial charge in [0.2, 0.25) is 5.91 Å². The summed E-state index contributed by atoms with van der Waals surface area (Å²) in [6.07, 6.45) is 92.8. The molecule has 7 atom stereocenters. The van der Waals surface area contributed by atoms with Crippen LogP contribution in [0.3, 0.4) is 0 Å². The molecular weight excluding hydrogens is 1250 g/mol. The zero-order chi connectivity index (χ0) is 72.9. The molecule has 1 fully saturated rings. The molecule has 600 valence electrons. The number of hydrogen-bond donors (Lipinski definition) is 6. The van der Waals surface area contributed by atoms with Crippen LogP contribution in [0.15, 0.2) is 12.2 Å². The molecule has 0 bridgehead atoms. The zero-order valence-electron chi connectivity index (χ0n) is 67.4. The maximum absolute atomic E-state index is 13.1. The fraction of sp³-hybridized carbons (Fsp3) is 0.956. The van der Waals surface area contributed by atoms with Crippen LogP contribution in [0.25, 0.3) is 0 Å². The molecule has 0 aromatic rings. The summed E-state index contributed by atoms with van der Waals surface area (Å²) < 4.78 is 16.8. The van der Waals surface area contributed by atoms with Gasteiger partial charge in [-0.1, -0.05) is 456 Å². The lowest BCUT2D eigenvalue weighted by Crippen LogP contribution is -2.60. The van der Waals surface area contributed by atoms with Crippen molar-refractivity contribution in [2.24, 2.45) is 0 Å². The number of amides is 1. The first-order valence-corrected chi connectivity index (χ1v) is 45.5. The van der Waals surface area contributed by atoms with Crippen LogP contribution in [0.1, 0.15) is 489 Å². The Morgan fingerprint density at radius 2 is 0.624 bits per heavy atom. The van der Waals surface area contributed by atoms with Gasteiger partial charge in [-0.15, -0.1) is 0 Å². The van der Waals surface area contributed by atoms with Gasteiger partial charge in [0.15, 0.2) is 6.29 Å². The van der Waals surface area contributed by atoms with Gasteiger partial charge in [-0.05, 0) is 32.1 Å². The Morgan fingerprint density at radius 3 is 0.921 bits per heavy atom. The minimum Gasteiger partial charge on any atom is -0.466 e. The van der Waals surface area contributed by atoms with Crippen LogP contribution in [0.5, 0.6) is 0 Å². The van der Waals surface area contributed by atoms with Crippen molar-refractivity contribution >= 4 is 11.9 Å². The minimum absolute atomic E-state index is 0.0247. The van der Waals surface area contributed by atoms with Crippen LogP contribution in [0.2, 0.25) is 0 Å². The first kappa shape index (κ1) is 97.4. The molecule has 0 radical (unpaired) electrons. The van der Waals surface area contributed by atoms with E-state index in [1.165, 1.54) is 411 Å². The van der Waals surface area contributed by atoms with Gasteiger partial charge >= 0.3 is 5.97 Å². The first-order chi connectivity index (χ1) is 49.7. The summed E-state index contributed by atoms with van der Waals surface area (Å²) in [5, 5.41) is 54.7. The van der Waals surface area contributed by atoms with E-state index in [0.717, 1.165) is 51.4 Å². The van der Waals surface area contributed by atoms with Crippen molar-refractivity contribution in [1.82, 2.24) is 5.32 Å². The number of aliphatic hydroxyl groups is 5. The van der Waals surface area contributed by atoms with Crippen LogP contribution in [0.4, 0.5) is 0 Å². The van der Waals surface area contributed by atoms with Crippen LogP contribution >= 0.6 is 0 Å². The van der Waals surface area contributed by atoms with Crippen molar-refractivity contribution in [3.63, 3.8) is 0 Å². The monoisotopic (exact) mass is 1430 g/mol. The van der Waals surface area contributed by atoms with E-state index in [9.17, 15) is 35.1 Å². The number of ether oxygens (including phenoxy) is 3. The van der Waals surface area contributed by atoms with Crippen LogP contribution < -0.4 is 5.32 Å². The van der Waals surface area contributed by atoms with E-state index < -0.39 is 49.5 Å². The molecule has 1 rings (SSSR count). The normalized spacial score (nSPS) is 17.0. The number of unbranched alkanes of at least 4 members (excludes halogenated alkanes) is 69. The molecule has 0 aliphatic carbocycles. The molecule has 0 saturated carbocycles. The zero-order valence-corrected chi connectivity index (χ0v) is 67.4. The summed E-state index contributed by atoms with van der Waals surface area (Å²) >= 11 is 0. The highest BCUT2D eigenvalue weighted by molar-refractivity contribution is 5.76. The van der Waals surface area contributed by atoms with Crippen LogP contribution in [0, 0.1) is 0 Å². The lowest BCUT2D eigenvalue weighted by atomic mass is 9.99. The van der Waals surface area contributed by atoms with Crippen LogP contribution in [-0.2, 0) is 23.8 Å². The van der Waals surface area contributed by atoms with Crippen molar-refractivity contribution in [3.05, 3.63) is 12.2 Å². The second kappa shape index (κ2) is 79.4. The third kappa shape index (κ3) is 67.5. The van der Waals surface area contributed by atoms with Gasteiger partial charge in [-0.25, -0.2) is 0 Å². The second-order valence-electron chi connectivity index (χ2n) is 32.0. The Kier molecular flexibility index (Phi) is 76.6. The Hall–Kier alpha value is -1.60. The molecule has 11 heteroatoms. The van der Waals surface area contributed by atoms with E-state index in [1.54, 1.807) is 6.08 Å². The maximum atomic E-state index is 13.1. The van der Waals surface area contributed by atoms with E-state index in [1.807, 2.05) is 6.08 Å². The summed E-state index contributed by atoms with van der Waals surface area (Å²) in [7, 11) is 0. The van der Waals surface area contributed by atoms with Gasteiger partial charge < -0.3 is 45.1 Å². The number of rotatable bonds is 83. The van der Waals surface area contributed by atoms with Crippen molar-refractivity contribution in [2.45, 2.75) is 532 Å². The number of aliphatic hydroxyl groups excluding tert-OH is 5. The fourth-order valence-electron chi connectivity index (χ4n) is 15.1. The summed E-state index contributed by atoms with van der Waals surface area (Å²) in [6, 6.07) is -0.805. The first-order valence-electron chi connectivity index (χ1n) is 45.5. The molecule has 0 spiro atoms. The standard InChI is InChI=1S/C90H175NO10/c1-3-5-7-9-11-13-15-17-19-20-42-46-50-54-58-62-66-70-74-78-86(95)99-79-75-71-67-63-59-55-51-47-44-41-39-37-35-33-31-29-27-25-23-21-22-24-26-28-30-32-34-36-38-40-43-45-49-53-57-61-65-69-73-77-85(94)91-82(81-100-90-89(98)88(97)87(96)84(80-92)101-90)83(93)76-72-68-64-60-56-52-48-18-16-14-12-10-8-6-4-2/h72,76,82-84,87-90,92-93,96-98H,3-71,73-75,77-81H2,1-2H3,(H,91,94)/b76-72+. The Balaban J connectivity index is 1.85. The Bertz CT molecular complexity index is 1680. The van der Waals surface area contributed by atoms with E-state index in [-0.39, 0.29) is 18.5 Å². The van der Waals surface area contributed by atoms with Gasteiger partial charge in [-0.3, -0.25) is 9.59 Å². The van der Waals surface area contributed by atoms with Crippen LogP contribution in [-0.4, -0.2) is 100 Å². The predicted molar refractivity (Wildman–Crippen MR) is 431 cm³/mol. The molecule has 6 N–H and O–H groups in total. The predicted octanol–water partition coefficient (Wildman–Crippen LogP) is 25.7. The van der Waals surface area contributed by atoms with Crippen molar-refractivity contribution < 1.29 is 49.3 Å². The van der Waals surface area contributed by atoms with E-state index in [4.69, 9.17) is 14.2 Å². The molecule has 1 saturated heterocycles. The van der Waals surface area contributed by atoms with Gasteiger partial charge in [0, 0.05) is 12.8 Å². The quantitative estimate of drug-likeness (QED) is 0.0195. The number of allylic oxidation sites excluding steroid dienone is 1. The summed E-state index contributed by atoms with van der Waals surface area (Å²) in [5.41, 5.74) is 0. The van der Waals surface area contributed by atoms with Crippen molar-refractivity contribution in [1.29, 1.82) is 0 Å². The van der Waals surface area contributed by atoms with Gasteiger partial charge in [0.25, 0.3) is 0 Å². The summed E-state index contributed by atoms with van der Waals surface area (Å²) in [4.78, 5) is 25.3. The van der Waals surface area contributed by atoms with E-state index in [0.29, 0.717) is 19.4 Å². The summed E-state index contributed by atoms with van der Waals surface area (Å²) in [5.74, 6) is -0.146. The number of carbonyl (C=O) groups is 2. The molecule has 1 amide bonds. The number of hydrogen-bond acceptors (Lipinski definition) is 10. The molecule has 0 aromatic heterocycles. The number of nitrogens with one attached hydrogen (secondary N) is 1. The molecule has 101 heavy (non-hydrogen) atoms. The van der Waals surface area contributed by atoms with E-state index in [2.05, 4.69) is 19.2 Å². The molecule has 0 aromatic carbocycles. The lowest BCUT2D eigenvalue weighted by molar-refractivity contribution is -0.302. The third-order valence-corrected chi connectivity index (χ3v) is 22.2. The second-order valence-corrected chi connectivity index (χ2v) is 32.0. The van der Waals surface area contributed by atoms with E-state index >= 15 is 0 Å². The average molecular weight is 1430 g/mol. The van der Waals surface area contributed by atoms with Crippen molar-refractivity contribution in [2.75, 3.05) is 19.8 Å². The fourth-order valence-corrected chi connectivity index (χ4v) is 15.1. The smallest absolute Gasteiger partial charge is 0.305 e. The highest BCUT2D eigenvalue weighted by Gasteiger charge is 2.44. The van der Waals surface area contributed by atoms with Gasteiger partial charge in [-0.2, -0.15) is 0 Å². The Labute approximate surface area is 627 Å². The molecular formula is C90H175NO10. The van der Waals surface area contributed by atoms with Gasteiger partial charge in [0.05, 0.1) is 32.0 Å². The molecule has 1 aliphatic rings. The lowest BCUT2D eigenvalue weighted by Gasteiger charge is -2.40. The highest BCUT2D eigenvalue weighted by atomic mass is 16.7. The Morgan fingerprint density at radius 1 is 0.356 bits per heavy atom. The topological polar surface area (TPSA) is 175 Å². The largest absolute Gasteiger partial charge is 0.466 e.